The van der Waals surface area contributed by atoms with Crippen molar-refractivity contribution in [2.45, 2.75) is 56.9 Å². The summed E-state index contributed by atoms with van der Waals surface area (Å²) in [5, 5.41) is 3.26. The molecule has 1 atom stereocenters. The number of carbonyl (C=O) groups is 1. The van der Waals surface area contributed by atoms with Crippen molar-refractivity contribution in [3.05, 3.63) is 35.9 Å². The van der Waals surface area contributed by atoms with Crippen LogP contribution in [0.2, 0.25) is 0 Å². The normalized spacial score (nSPS) is 22.3. The predicted octanol–water partition coefficient (Wildman–Crippen LogP) is 3.33. The molecule has 0 aromatic heterocycles. The van der Waals surface area contributed by atoms with Crippen LogP contribution in [-0.4, -0.2) is 49.2 Å². The van der Waals surface area contributed by atoms with Crippen molar-refractivity contribution in [2.75, 3.05) is 32.8 Å². The minimum absolute atomic E-state index is 0.102. The van der Waals surface area contributed by atoms with E-state index in [4.69, 9.17) is 4.74 Å². The molecule has 1 aromatic rings. The molecule has 1 aromatic carbocycles. The summed E-state index contributed by atoms with van der Waals surface area (Å²) in [6, 6.07) is 10.3. The maximum absolute atomic E-state index is 12.5. The van der Waals surface area contributed by atoms with E-state index in [9.17, 15) is 4.79 Å². The number of rotatable bonds is 6. The van der Waals surface area contributed by atoms with Crippen molar-refractivity contribution in [2.24, 2.45) is 0 Å². The Labute approximate surface area is 151 Å². The standard InChI is InChI=1S/C21H32N2O2/c1-18(19-8-4-2-5-9-19)16-20(24)22-17-21(10-14-25-15-11-21)23-12-6-3-7-13-23/h2,4-5,8-9,18H,3,6-7,10-17H2,1H3,(H,22,24)/t18-/m1/s1. The Hall–Kier alpha value is -1.39. The molecule has 2 aliphatic rings. The number of ether oxygens (including phenoxy) is 1. The van der Waals surface area contributed by atoms with E-state index in [2.05, 4.69) is 29.3 Å². The van der Waals surface area contributed by atoms with Crippen LogP contribution in [0.4, 0.5) is 0 Å². The van der Waals surface area contributed by atoms with Crippen LogP contribution in [0.1, 0.15) is 56.9 Å². The summed E-state index contributed by atoms with van der Waals surface area (Å²) in [5.74, 6) is 0.418. The number of carbonyl (C=O) groups excluding carboxylic acids is 1. The Morgan fingerprint density at radius 3 is 2.52 bits per heavy atom. The van der Waals surface area contributed by atoms with E-state index >= 15 is 0 Å². The summed E-state index contributed by atoms with van der Waals surface area (Å²) in [5.41, 5.74) is 1.33. The zero-order chi connectivity index (χ0) is 17.5. The average molecular weight is 344 g/mol. The summed E-state index contributed by atoms with van der Waals surface area (Å²) in [4.78, 5) is 15.2. The Kier molecular flexibility index (Phi) is 6.49. The van der Waals surface area contributed by atoms with Crippen LogP contribution in [0.25, 0.3) is 0 Å². The molecule has 0 unspecified atom stereocenters. The second-order valence-electron chi connectivity index (χ2n) is 7.68. The van der Waals surface area contributed by atoms with Gasteiger partial charge in [-0.05, 0) is 50.3 Å². The highest BCUT2D eigenvalue weighted by Gasteiger charge is 2.39. The van der Waals surface area contributed by atoms with E-state index in [1.165, 1.54) is 24.8 Å². The van der Waals surface area contributed by atoms with Gasteiger partial charge in [-0.2, -0.15) is 0 Å². The highest BCUT2D eigenvalue weighted by Crippen LogP contribution is 2.30. The molecule has 2 saturated heterocycles. The lowest BCUT2D eigenvalue weighted by molar-refractivity contribution is -0.123. The summed E-state index contributed by atoms with van der Waals surface area (Å²) < 4.78 is 5.61. The van der Waals surface area contributed by atoms with E-state index in [0.29, 0.717) is 6.42 Å². The lowest BCUT2D eigenvalue weighted by Gasteiger charge is -2.48. The number of nitrogens with one attached hydrogen (secondary N) is 1. The van der Waals surface area contributed by atoms with E-state index in [1.54, 1.807) is 0 Å². The van der Waals surface area contributed by atoms with Crippen molar-refractivity contribution in [1.29, 1.82) is 0 Å². The smallest absolute Gasteiger partial charge is 0.220 e. The van der Waals surface area contributed by atoms with Gasteiger partial charge in [0.05, 0.1) is 0 Å². The fraction of sp³-hybridized carbons (Fsp3) is 0.667. The molecular formula is C21H32N2O2. The van der Waals surface area contributed by atoms with Crippen LogP contribution in [0, 0.1) is 0 Å². The molecule has 1 N–H and O–H groups in total. The number of nitrogens with zero attached hydrogens (tertiary/aromatic N) is 1. The van der Waals surface area contributed by atoms with Gasteiger partial charge in [-0.25, -0.2) is 0 Å². The molecule has 0 bridgehead atoms. The fourth-order valence-electron chi connectivity index (χ4n) is 4.24. The highest BCUT2D eigenvalue weighted by atomic mass is 16.5. The molecule has 2 aliphatic heterocycles. The van der Waals surface area contributed by atoms with Gasteiger partial charge in [0.2, 0.25) is 5.91 Å². The van der Waals surface area contributed by atoms with Crippen LogP contribution >= 0.6 is 0 Å². The van der Waals surface area contributed by atoms with Crippen molar-refractivity contribution >= 4 is 5.91 Å². The first-order chi connectivity index (χ1) is 12.2. The zero-order valence-electron chi connectivity index (χ0n) is 15.5. The minimum atomic E-state index is 0.102. The van der Waals surface area contributed by atoms with E-state index in [0.717, 1.165) is 45.7 Å². The van der Waals surface area contributed by atoms with Crippen LogP contribution in [0.5, 0.6) is 0 Å². The summed E-state index contributed by atoms with van der Waals surface area (Å²) in [6.07, 6.45) is 6.51. The first-order valence-corrected chi connectivity index (χ1v) is 9.84. The first-order valence-electron chi connectivity index (χ1n) is 9.84. The number of amides is 1. The van der Waals surface area contributed by atoms with Gasteiger partial charge in [-0.3, -0.25) is 9.69 Å². The number of benzene rings is 1. The van der Waals surface area contributed by atoms with Crippen molar-refractivity contribution < 1.29 is 9.53 Å². The first kappa shape index (κ1) is 18.4. The molecule has 4 heteroatoms. The second-order valence-corrected chi connectivity index (χ2v) is 7.68. The minimum Gasteiger partial charge on any atom is -0.381 e. The van der Waals surface area contributed by atoms with E-state index in [1.807, 2.05) is 18.2 Å². The van der Waals surface area contributed by atoms with Crippen molar-refractivity contribution in [3.63, 3.8) is 0 Å². The second kappa shape index (κ2) is 8.81. The summed E-state index contributed by atoms with van der Waals surface area (Å²) in [6.45, 7) is 6.84. The SMILES string of the molecule is C[C@H](CC(=O)NCC1(N2CCCCC2)CCOCC1)c1ccccc1. The van der Waals surface area contributed by atoms with Gasteiger partial charge in [0.15, 0.2) is 0 Å². The molecule has 0 aliphatic carbocycles. The van der Waals surface area contributed by atoms with Gasteiger partial charge in [0.25, 0.3) is 0 Å². The van der Waals surface area contributed by atoms with Crippen molar-refractivity contribution in [3.8, 4) is 0 Å². The van der Waals surface area contributed by atoms with Gasteiger partial charge >= 0.3 is 0 Å². The molecule has 0 saturated carbocycles. The number of likely N-dealkylation sites (tertiary alicyclic amines) is 1. The lowest BCUT2D eigenvalue weighted by Crippen LogP contribution is -2.59. The quantitative estimate of drug-likeness (QED) is 0.861. The average Bonchev–Trinajstić information content (AvgIpc) is 2.68. The Bertz CT molecular complexity index is 534. The molecule has 0 spiro atoms. The van der Waals surface area contributed by atoms with Crippen molar-refractivity contribution in [1.82, 2.24) is 10.2 Å². The predicted molar refractivity (Wildman–Crippen MR) is 101 cm³/mol. The van der Waals surface area contributed by atoms with E-state index in [-0.39, 0.29) is 17.4 Å². The molecule has 4 nitrogen and oxygen atoms in total. The van der Waals surface area contributed by atoms with Gasteiger partial charge < -0.3 is 10.1 Å². The highest BCUT2D eigenvalue weighted by molar-refractivity contribution is 5.76. The largest absolute Gasteiger partial charge is 0.381 e. The van der Waals surface area contributed by atoms with Crippen LogP contribution in [0.15, 0.2) is 30.3 Å². The monoisotopic (exact) mass is 344 g/mol. The van der Waals surface area contributed by atoms with Gasteiger partial charge in [-0.1, -0.05) is 43.7 Å². The Morgan fingerprint density at radius 2 is 1.84 bits per heavy atom. The molecule has 1 amide bonds. The van der Waals surface area contributed by atoms with Crippen LogP contribution < -0.4 is 5.32 Å². The molecule has 2 fully saturated rings. The van der Waals surface area contributed by atoms with E-state index < -0.39 is 0 Å². The molecule has 138 valence electrons. The maximum Gasteiger partial charge on any atom is 0.220 e. The maximum atomic E-state index is 12.5. The molecule has 3 rings (SSSR count). The molecular weight excluding hydrogens is 312 g/mol. The van der Waals surface area contributed by atoms with Gasteiger partial charge in [0.1, 0.15) is 0 Å². The lowest BCUT2D eigenvalue weighted by atomic mass is 9.86. The summed E-state index contributed by atoms with van der Waals surface area (Å²) >= 11 is 0. The third-order valence-electron chi connectivity index (χ3n) is 5.93. The number of hydrogen-bond acceptors (Lipinski definition) is 3. The summed E-state index contributed by atoms with van der Waals surface area (Å²) in [7, 11) is 0. The third kappa shape index (κ3) is 4.83. The fourth-order valence-corrected chi connectivity index (χ4v) is 4.24. The van der Waals surface area contributed by atoms with Gasteiger partial charge in [0, 0.05) is 31.7 Å². The molecule has 0 radical (unpaired) electrons. The van der Waals surface area contributed by atoms with Gasteiger partial charge in [-0.15, -0.1) is 0 Å². The molecule has 2 heterocycles. The zero-order valence-corrected chi connectivity index (χ0v) is 15.5. The van der Waals surface area contributed by atoms with Crippen LogP contribution in [-0.2, 0) is 9.53 Å². The Morgan fingerprint density at radius 1 is 1.16 bits per heavy atom. The molecule has 25 heavy (non-hydrogen) atoms. The third-order valence-corrected chi connectivity index (χ3v) is 5.93. The van der Waals surface area contributed by atoms with Crippen LogP contribution in [0.3, 0.4) is 0 Å². The Balaban J connectivity index is 1.56. The number of hydrogen-bond donors (Lipinski definition) is 1. The number of piperidine rings is 1. The topological polar surface area (TPSA) is 41.6 Å².